The van der Waals surface area contributed by atoms with Crippen LogP contribution in [0.15, 0.2) is 6.43 Å². The second-order valence-corrected chi connectivity index (χ2v) is 26.1. The molecule has 0 unspecified atom stereocenters. The van der Waals surface area contributed by atoms with E-state index in [-0.39, 0.29) is 0 Å². The summed E-state index contributed by atoms with van der Waals surface area (Å²) in [5, 5.41) is 4.79. The fraction of sp³-hybridized carbons (Fsp3) is 0.667. The summed E-state index contributed by atoms with van der Waals surface area (Å²) in [7, 11) is 0. The van der Waals surface area contributed by atoms with Crippen LogP contribution in [0.3, 0.4) is 0 Å². The van der Waals surface area contributed by atoms with Gasteiger partial charge in [0, 0.05) is 0 Å². The Bertz CT molecular complexity index is 252. The molecule has 0 radical (unpaired) electrons. The predicted octanol–water partition coefficient (Wildman–Crippen LogP) is 2.61. The van der Waals surface area contributed by atoms with Crippen LogP contribution in [0.5, 0.6) is 0 Å². The first-order valence-electron chi connectivity index (χ1n) is 3.71. The van der Waals surface area contributed by atoms with Crippen LogP contribution in [-0.2, 0) is 1.41 Å². The van der Waals surface area contributed by atoms with E-state index in [1.54, 1.807) is 0 Å². The third-order valence-electron chi connectivity index (χ3n) is 1.13. The number of hydrogen-bond acceptors (Lipinski definition) is 5. The van der Waals surface area contributed by atoms with Gasteiger partial charge in [0.05, 0.1) is 0 Å². The van der Waals surface area contributed by atoms with Crippen LogP contribution in [0.2, 0.25) is 19.8 Å². The van der Waals surface area contributed by atoms with Gasteiger partial charge in [0.25, 0.3) is 0 Å². The van der Waals surface area contributed by atoms with Crippen molar-refractivity contribution in [2.45, 2.75) is 19.8 Å². The van der Waals surface area contributed by atoms with Gasteiger partial charge < -0.3 is 0 Å². The van der Waals surface area contributed by atoms with Crippen LogP contribution >= 0.6 is 24.4 Å². The first-order valence-corrected chi connectivity index (χ1v) is 20.8. The minimum absolute atomic E-state index is 2.03. The summed E-state index contributed by atoms with van der Waals surface area (Å²) in [6.45, 7) is 0. The minimum atomic E-state index is -2.78. The van der Waals surface area contributed by atoms with Crippen molar-refractivity contribution in [1.82, 2.24) is 0 Å². The normalized spacial score (nSPS) is 11.4. The first-order chi connectivity index (χ1) is 5.83. The maximum absolute atomic E-state index is 5.93. The Morgan fingerprint density at radius 1 is 0.923 bits per heavy atom. The molecule has 3 nitrogen and oxygen atoms in total. The van der Waals surface area contributed by atoms with Gasteiger partial charge in [-0.1, -0.05) is 0 Å². The zero-order chi connectivity index (χ0) is 10.5. The molecule has 0 saturated carbocycles. The van der Waals surface area contributed by atoms with E-state index < -0.39 is 38.1 Å². The molecular weight excluding hydrogens is 418 g/mol. The molecule has 0 aromatic carbocycles. The van der Waals surface area contributed by atoms with Gasteiger partial charge >= 0.3 is 100 Å². The van der Waals surface area contributed by atoms with E-state index in [1.807, 2.05) is 19.8 Å². The van der Waals surface area contributed by atoms with Crippen LogP contribution in [-0.4, -0.2) is 48.5 Å². The Morgan fingerprint density at radius 2 is 1.23 bits per heavy atom. The molecule has 0 aromatic rings. The second-order valence-electron chi connectivity index (χ2n) is 3.40. The van der Waals surface area contributed by atoms with Gasteiger partial charge in [-0.2, -0.15) is 0 Å². The molecule has 0 aliphatic rings. The van der Waals surface area contributed by atoms with E-state index in [0.29, 0.717) is 0 Å². The Labute approximate surface area is 99.2 Å². The van der Waals surface area contributed by atoms with Gasteiger partial charge in [-0.3, -0.25) is 0 Å². The molecule has 0 amide bonds. The summed E-state index contributed by atoms with van der Waals surface area (Å²) >= 11 is 3.58. The molecule has 72 valence electrons. The summed E-state index contributed by atoms with van der Waals surface area (Å²) in [5.41, 5.74) is 0. The van der Waals surface area contributed by atoms with Gasteiger partial charge in [0.15, 0.2) is 0 Å². The Kier molecular flexibility index (Phi) is 6.42. The number of isothiocyanates is 2. The van der Waals surface area contributed by atoms with Crippen LogP contribution in [0.1, 0.15) is 0 Å². The average Bonchev–Trinajstić information content (AvgIpc) is 1.82. The molecule has 0 rings (SSSR count). The quantitative estimate of drug-likeness (QED) is 0.391. The molecule has 0 heterocycles. The fourth-order valence-corrected chi connectivity index (χ4v) is 34.0. The molecule has 0 aliphatic heterocycles. The zero-order valence-electron chi connectivity index (χ0n) is 8.12. The van der Waals surface area contributed by atoms with Crippen molar-refractivity contribution in [3.63, 3.8) is 0 Å². The maximum atomic E-state index is 5.93. The Hall–Kier alpha value is 1.16. The number of hydrogen-bond donors (Lipinski definition) is 0. The molecule has 0 N–H and O–H groups in total. The van der Waals surface area contributed by atoms with Crippen molar-refractivity contribution in [2.24, 2.45) is 6.43 Å². The van der Waals surface area contributed by atoms with Crippen molar-refractivity contribution in [3.05, 3.63) is 0 Å². The van der Waals surface area contributed by atoms with Crippen molar-refractivity contribution in [1.29, 1.82) is 0 Å². The van der Waals surface area contributed by atoms with Crippen LogP contribution in [0.4, 0.5) is 0 Å². The van der Waals surface area contributed by atoms with Gasteiger partial charge in [-0.05, 0) is 0 Å². The fourth-order valence-electron chi connectivity index (χ4n) is 0.877. The van der Waals surface area contributed by atoms with Gasteiger partial charge in [-0.25, -0.2) is 0 Å². The van der Waals surface area contributed by atoms with E-state index in [4.69, 9.17) is 1.41 Å². The van der Waals surface area contributed by atoms with Crippen LogP contribution in [0.25, 0.3) is 0 Å². The average molecular weight is 430 g/mol. The van der Waals surface area contributed by atoms with Crippen molar-refractivity contribution >= 4 is 72.9 Å². The first kappa shape index (κ1) is 14.2. The standard InChI is InChI=1S/2CNS.4CH3.O.2Sn/c2*2-1-3;;;;;;;/h;;4*1H3;;;/q2*-1;;;;;;2*+1. The zero-order valence-corrected chi connectivity index (χ0v) is 15.5. The SMILES string of the molecule is [CH3][Sn]([CH3])([N]=C=S)[O][Sn]([CH3])([CH3])[N]=C=S. The van der Waals surface area contributed by atoms with Crippen molar-refractivity contribution in [2.75, 3.05) is 0 Å². The molecule has 13 heavy (non-hydrogen) atoms. The van der Waals surface area contributed by atoms with Crippen LogP contribution < -0.4 is 0 Å². The molecule has 0 aromatic heterocycles. The third kappa shape index (κ3) is 7.13. The Morgan fingerprint density at radius 3 is 1.46 bits per heavy atom. The van der Waals surface area contributed by atoms with Gasteiger partial charge in [-0.15, -0.1) is 0 Å². The Balaban J connectivity index is 4.59. The summed E-state index contributed by atoms with van der Waals surface area (Å²) < 4.78 is 14.1. The molecule has 0 atom stereocenters. The van der Waals surface area contributed by atoms with Crippen LogP contribution in [0, 0.1) is 0 Å². The molecular formula is C6H12N2OS2Sn2. The van der Waals surface area contributed by atoms with E-state index in [9.17, 15) is 0 Å². The van der Waals surface area contributed by atoms with Gasteiger partial charge in [0.2, 0.25) is 0 Å². The third-order valence-corrected chi connectivity index (χ3v) is 27.9. The van der Waals surface area contributed by atoms with Crippen molar-refractivity contribution < 1.29 is 1.41 Å². The molecule has 0 bridgehead atoms. The summed E-state index contributed by atoms with van der Waals surface area (Å²) in [6.07, 6.45) is 0. The van der Waals surface area contributed by atoms with E-state index in [0.717, 1.165) is 0 Å². The molecule has 7 heteroatoms. The van der Waals surface area contributed by atoms with E-state index >= 15 is 0 Å². The summed E-state index contributed by atoms with van der Waals surface area (Å²) in [5.74, 6) is 0. The molecule has 0 saturated heterocycles. The van der Waals surface area contributed by atoms with Gasteiger partial charge in [0.1, 0.15) is 0 Å². The van der Waals surface area contributed by atoms with E-state index in [2.05, 4.69) is 41.2 Å². The summed E-state index contributed by atoms with van der Waals surface area (Å²) in [6, 6.07) is 0. The predicted molar refractivity (Wildman–Crippen MR) is 66.1 cm³/mol. The number of thiocarbonyl (C=S) groups is 2. The number of nitrogens with zero attached hydrogens (tertiary/aromatic N) is 2. The monoisotopic (exact) mass is 432 g/mol. The number of rotatable bonds is 4. The molecule has 0 fully saturated rings. The second kappa shape index (κ2) is 5.90. The molecule has 0 aliphatic carbocycles. The summed E-state index contributed by atoms with van der Waals surface area (Å²) in [4.78, 5) is 8.13. The topological polar surface area (TPSA) is 34.0 Å². The molecule has 0 spiro atoms. The van der Waals surface area contributed by atoms with Crippen molar-refractivity contribution in [3.8, 4) is 0 Å². The van der Waals surface area contributed by atoms with E-state index in [1.165, 1.54) is 0 Å².